The molecule has 152 valence electrons. The Balaban J connectivity index is 1.75. The number of para-hydroxylation sites is 1. The van der Waals surface area contributed by atoms with E-state index in [0.29, 0.717) is 36.6 Å². The summed E-state index contributed by atoms with van der Waals surface area (Å²) in [7, 11) is 0. The predicted molar refractivity (Wildman–Crippen MR) is 108 cm³/mol. The quantitative estimate of drug-likeness (QED) is 0.642. The minimum atomic E-state index is -0.418. The molecule has 0 spiro atoms. The van der Waals surface area contributed by atoms with E-state index in [0.717, 1.165) is 6.42 Å². The number of hydrogen-bond donors (Lipinski definition) is 0. The van der Waals surface area contributed by atoms with Crippen LogP contribution in [0.25, 0.3) is 0 Å². The standard InChI is InChI=1S/C22H24N2O5/c1-2-28-22(27)17-10-12-18(13-11-17)24(16-23-14-6-9-20(23)25)21(26)15-29-19-7-4-3-5-8-19/h3-5,7-8,10-13H,2,6,9,14-16H2,1H3. The van der Waals surface area contributed by atoms with E-state index in [1.165, 1.54) is 4.90 Å². The second kappa shape index (κ2) is 9.73. The maximum Gasteiger partial charge on any atom is 0.338 e. The molecule has 1 aliphatic rings. The van der Waals surface area contributed by atoms with Crippen LogP contribution in [0.15, 0.2) is 54.6 Å². The van der Waals surface area contributed by atoms with E-state index in [1.54, 1.807) is 48.2 Å². The van der Waals surface area contributed by atoms with Gasteiger partial charge in [0.1, 0.15) is 12.4 Å². The lowest BCUT2D eigenvalue weighted by atomic mass is 10.2. The van der Waals surface area contributed by atoms with Gasteiger partial charge in [-0.15, -0.1) is 0 Å². The SMILES string of the molecule is CCOC(=O)c1ccc(N(CN2CCCC2=O)C(=O)COc2ccccc2)cc1. The Hall–Kier alpha value is -3.35. The molecule has 1 heterocycles. The first kappa shape index (κ1) is 20.4. The third-order valence-corrected chi connectivity index (χ3v) is 4.58. The Labute approximate surface area is 169 Å². The zero-order chi connectivity index (χ0) is 20.6. The number of nitrogens with zero attached hydrogens (tertiary/aromatic N) is 2. The van der Waals surface area contributed by atoms with Gasteiger partial charge in [0.15, 0.2) is 6.61 Å². The fourth-order valence-electron chi connectivity index (χ4n) is 3.06. The van der Waals surface area contributed by atoms with Crippen LogP contribution in [0, 0.1) is 0 Å². The molecule has 7 heteroatoms. The van der Waals surface area contributed by atoms with Gasteiger partial charge in [0, 0.05) is 18.7 Å². The highest BCUT2D eigenvalue weighted by atomic mass is 16.5. The highest BCUT2D eigenvalue weighted by Crippen LogP contribution is 2.20. The van der Waals surface area contributed by atoms with Crippen molar-refractivity contribution in [1.82, 2.24) is 4.90 Å². The largest absolute Gasteiger partial charge is 0.484 e. The number of carbonyl (C=O) groups is 3. The van der Waals surface area contributed by atoms with Crippen molar-refractivity contribution in [2.45, 2.75) is 19.8 Å². The van der Waals surface area contributed by atoms with Crippen LogP contribution in [0.3, 0.4) is 0 Å². The van der Waals surface area contributed by atoms with Crippen molar-refractivity contribution in [2.24, 2.45) is 0 Å². The highest BCUT2D eigenvalue weighted by molar-refractivity contribution is 5.96. The second-order valence-corrected chi connectivity index (χ2v) is 6.59. The third kappa shape index (κ3) is 5.34. The number of anilines is 1. The molecule has 29 heavy (non-hydrogen) atoms. The molecule has 2 aromatic rings. The summed E-state index contributed by atoms with van der Waals surface area (Å²) in [6.45, 7) is 2.63. The number of likely N-dealkylation sites (tertiary alicyclic amines) is 1. The summed E-state index contributed by atoms with van der Waals surface area (Å²) in [6.07, 6.45) is 1.27. The maximum atomic E-state index is 12.9. The van der Waals surface area contributed by atoms with Gasteiger partial charge in [-0.25, -0.2) is 4.79 Å². The van der Waals surface area contributed by atoms with E-state index < -0.39 is 5.97 Å². The minimum Gasteiger partial charge on any atom is -0.484 e. The van der Waals surface area contributed by atoms with Crippen molar-refractivity contribution < 1.29 is 23.9 Å². The molecule has 0 N–H and O–H groups in total. The summed E-state index contributed by atoms with van der Waals surface area (Å²) in [6, 6.07) is 15.6. The van der Waals surface area contributed by atoms with E-state index in [4.69, 9.17) is 9.47 Å². The fraction of sp³-hybridized carbons (Fsp3) is 0.318. The molecule has 0 saturated carbocycles. The Kier molecular flexibility index (Phi) is 6.84. The van der Waals surface area contributed by atoms with Crippen LogP contribution in [0.1, 0.15) is 30.1 Å². The van der Waals surface area contributed by atoms with Crippen molar-refractivity contribution in [1.29, 1.82) is 0 Å². The first-order chi connectivity index (χ1) is 14.1. The predicted octanol–water partition coefficient (Wildman–Crippen LogP) is 2.86. The smallest absolute Gasteiger partial charge is 0.338 e. The Morgan fingerprint density at radius 1 is 1.07 bits per heavy atom. The van der Waals surface area contributed by atoms with Gasteiger partial charge in [-0.05, 0) is 49.7 Å². The Bertz CT molecular complexity index is 851. The molecule has 1 fully saturated rings. The van der Waals surface area contributed by atoms with Gasteiger partial charge in [0.25, 0.3) is 5.91 Å². The van der Waals surface area contributed by atoms with Crippen LogP contribution >= 0.6 is 0 Å². The number of rotatable bonds is 8. The molecule has 2 aromatic carbocycles. The van der Waals surface area contributed by atoms with E-state index in [1.807, 2.05) is 18.2 Å². The molecule has 0 atom stereocenters. The average Bonchev–Trinajstić information content (AvgIpc) is 3.16. The molecule has 3 rings (SSSR count). The normalized spacial score (nSPS) is 13.3. The molecule has 1 saturated heterocycles. The highest BCUT2D eigenvalue weighted by Gasteiger charge is 2.26. The van der Waals surface area contributed by atoms with Crippen molar-refractivity contribution in [3.63, 3.8) is 0 Å². The first-order valence-corrected chi connectivity index (χ1v) is 9.61. The third-order valence-electron chi connectivity index (χ3n) is 4.58. The van der Waals surface area contributed by atoms with Gasteiger partial charge < -0.3 is 14.4 Å². The molecule has 0 unspecified atom stereocenters. The molecule has 2 amide bonds. The maximum absolute atomic E-state index is 12.9. The molecule has 0 aromatic heterocycles. The number of amides is 2. The fourth-order valence-corrected chi connectivity index (χ4v) is 3.06. The number of ether oxygens (including phenoxy) is 2. The number of benzene rings is 2. The molecule has 0 radical (unpaired) electrons. The van der Waals surface area contributed by atoms with Gasteiger partial charge in [-0.1, -0.05) is 18.2 Å². The van der Waals surface area contributed by atoms with Crippen LogP contribution in [0.5, 0.6) is 5.75 Å². The molecular weight excluding hydrogens is 372 g/mol. The number of carbonyl (C=O) groups excluding carboxylic acids is 3. The van der Waals surface area contributed by atoms with Crippen LogP contribution in [-0.4, -0.2) is 49.1 Å². The van der Waals surface area contributed by atoms with Crippen LogP contribution in [-0.2, 0) is 14.3 Å². The summed E-state index contributed by atoms with van der Waals surface area (Å²) in [5, 5.41) is 0. The lowest BCUT2D eigenvalue weighted by Crippen LogP contribution is -2.44. The zero-order valence-electron chi connectivity index (χ0n) is 16.4. The molecule has 0 bridgehead atoms. The van der Waals surface area contributed by atoms with E-state index in [9.17, 15) is 14.4 Å². The van der Waals surface area contributed by atoms with Crippen LogP contribution in [0.2, 0.25) is 0 Å². The summed E-state index contributed by atoms with van der Waals surface area (Å²) in [5.74, 6) is -0.0814. The molecule has 1 aliphatic heterocycles. The van der Waals surface area contributed by atoms with Gasteiger partial charge in [0.05, 0.1) is 12.2 Å². The Morgan fingerprint density at radius 3 is 2.41 bits per heavy atom. The Morgan fingerprint density at radius 2 is 1.79 bits per heavy atom. The lowest BCUT2D eigenvalue weighted by molar-refractivity contribution is -0.128. The van der Waals surface area contributed by atoms with Gasteiger partial charge in [-0.2, -0.15) is 0 Å². The van der Waals surface area contributed by atoms with Crippen molar-refractivity contribution in [3.05, 3.63) is 60.2 Å². The van der Waals surface area contributed by atoms with Crippen molar-refractivity contribution in [2.75, 3.05) is 31.3 Å². The number of esters is 1. The monoisotopic (exact) mass is 396 g/mol. The zero-order valence-corrected chi connectivity index (χ0v) is 16.4. The van der Waals surface area contributed by atoms with Gasteiger partial charge in [0.2, 0.25) is 5.91 Å². The van der Waals surface area contributed by atoms with Gasteiger partial charge >= 0.3 is 5.97 Å². The average molecular weight is 396 g/mol. The van der Waals surface area contributed by atoms with Crippen molar-refractivity contribution in [3.8, 4) is 5.75 Å². The van der Waals surface area contributed by atoms with Crippen LogP contribution < -0.4 is 9.64 Å². The molecular formula is C22H24N2O5. The minimum absolute atomic E-state index is 0.0231. The summed E-state index contributed by atoms with van der Waals surface area (Å²) in [4.78, 5) is 40.0. The van der Waals surface area contributed by atoms with Crippen LogP contribution in [0.4, 0.5) is 5.69 Å². The summed E-state index contributed by atoms with van der Waals surface area (Å²) < 4.78 is 10.6. The molecule has 7 nitrogen and oxygen atoms in total. The number of hydrogen-bond acceptors (Lipinski definition) is 5. The topological polar surface area (TPSA) is 76.2 Å². The second-order valence-electron chi connectivity index (χ2n) is 6.59. The van der Waals surface area contributed by atoms with E-state index >= 15 is 0 Å². The van der Waals surface area contributed by atoms with E-state index in [-0.39, 0.29) is 25.1 Å². The van der Waals surface area contributed by atoms with Crippen molar-refractivity contribution >= 4 is 23.5 Å². The van der Waals surface area contributed by atoms with E-state index in [2.05, 4.69) is 0 Å². The van der Waals surface area contributed by atoms with Gasteiger partial charge in [-0.3, -0.25) is 14.5 Å². The summed E-state index contributed by atoms with van der Waals surface area (Å²) in [5.41, 5.74) is 0.986. The first-order valence-electron chi connectivity index (χ1n) is 9.61. The lowest BCUT2D eigenvalue weighted by Gasteiger charge is -2.28. The molecule has 0 aliphatic carbocycles. The summed E-state index contributed by atoms with van der Waals surface area (Å²) >= 11 is 0.